The van der Waals surface area contributed by atoms with Crippen LogP contribution in [0.1, 0.15) is 231 Å². The molecule has 8 aliphatic heterocycles. The van der Waals surface area contributed by atoms with Gasteiger partial charge in [0, 0.05) is 126 Å². The maximum absolute atomic E-state index is 14.3. The molecule has 4 saturated heterocycles. The largest absolute Gasteiger partial charge is 0.391 e. The van der Waals surface area contributed by atoms with E-state index in [2.05, 4.69) is 75.5 Å². The fourth-order valence-corrected chi connectivity index (χ4v) is 22.7. The maximum atomic E-state index is 14.3. The molecular weight excluding hydrogens is 1900 g/mol. The third-order valence-corrected chi connectivity index (χ3v) is 31.1. The Morgan fingerprint density at radius 3 is 1.01 bits per heavy atom. The number of nitrogens with one attached hydrogen (secondary N) is 2. The van der Waals surface area contributed by atoms with E-state index in [1.165, 1.54) is 26.0 Å². The number of benzene rings is 6. The lowest BCUT2D eigenvalue weighted by atomic mass is 9.78. The van der Waals surface area contributed by atoms with Gasteiger partial charge in [0.1, 0.15) is 47.1 Å². The second kappa shape index (κ2) is 43.3. The van der Waals surface area contributed by atoms with Crippen LogP contribution in [-0.4, -0.2) is 217 Å². The minimum absolute atomic E-state index is 0.0568. The van der Waals surface area contributed by atoms with Crippen LogP contribution < -0.4 is 10.6 Å². The number of rotatable bonds is 22. The van der Waals surface area contributed by atoms with E-state index in [0.29, 0.717) is 96.8 Å². The Bertz CT molecular complexity index is 6250. The van der Waals surface area contributed by atoms with Crippen molar-refractivity contribution < 1.29 is 86.3 Å². The van der Waals surface area contributed by atoms with Gasteiger partial charge in [0.2, 0.25) is 35.4 Å². The van der Waals surface area contributed by atoms with Crippen LogP contribution in [0.4, 0.5) is 8.78 Å². The summed E-state index contributed by atoms with van der Waals surface area (Å²) in [7, 11) is 0. The van der Waals surface area contributed by atoms with Gasteiger partial charge in [0.05, 0.1) is 114 Å². The molecule has 16 atom stereocenters. The highest BCUT2D eigenvalue weighted by Gasteiger charge is 2.54. The number of aromatic nitrogens is 4. The molecule has 0 bridgehead atoms. The van der Waals surface area contributed by atoms with E-state index in [4.69, 9.17) is 18.7 Å². The zero-order valence-corrected chi connectivity index (χ0v) is 88.0. The lowest BCUT2D eigenvalue weighted by Crippen LogP contribution is -2.56. The monoisotopic (exact) mass is 2030 g/mol. The average Bonchev–Trinajstić information content (AvgIpc) is 1.17. The first-order valence-electron chi connectivity index (χ1n) is 49.8. The summed E-state index contributed by atoms with van der Waals surface area (Å²) in [5.74, 6) is -2.72. The highest BCUT2D eigenvalue weighted by molar-refractivity contribution is 7.13. The number of hydrogen-bond donors (Lipinski definition) is 6. The van der Waals surface area contributed by atoms with Crippen molar-refractivity contribution in [2.45, 2.75) is 284 Å². The number of hydrogen-bond acceptors (Lipinski definition) is 24. The number of carbonyl (C=O) groups is 8. The summed E-state index contributed by atoms with van der Waals surface area (Å²) in [6.07, 6.45) is 0.378. The van der Waals surface area contributed by atoms with Crippen molar-refractivity contribution in [2.24, 2.45) is 43.0 Å². The summed E-state index contributed by atoms with van der Waals surface area (Å²) in [6.45, 7) is 38.1. The molecule has 0 saturated carbocycles. The molecule has 10 aromatic rings. The van der Waals surface area contributed by atoms with Crippen molar-refractivity contribution in [2.75, 3.05) is 26.2 Å². The van der Waals surface area contributed by atoms with E-state index in [1.807, 2.05) is 195 Å². The normalized spacial score (nSPS) is 24.7. The quantitative estimate of drug-likeness (QED) is 0.0367. The third kappa shape index (κ3) is 22.9. The maximum Gasteiger partial charge on any atom is 0.256 e. The van der Waals surface area contributed by atoms with E-state index in [1.54, 1.807) is 105 Å². The number of aliphatic imine (C=N–C) groups is 2. The van der Waals surface area contributed by atoms with Crippen LogP contribution in [0.15, 0.2) is 198 Å². The van der Waals surface area contributed by atoms with Crippen LogP contribution >= 0.6 is 22.7 Å². The van der Waals surface area contributed by atoms with Gasteiger partial charge in [-0.3, -0.25) is 38.4 Å². The number of amides is 8. The van der Waals surface area contributed by atoms with Crippen LogP contribution in [0.5, 0.6) is 0 Å². The molecule has 772 valence electrons. The van der Waals surface area contributed by atoms with Crippen molar-refractivity contribution in [3.8, 4) is 43.1 Å². The Morgan fingerprint density at radius 2 is 0.726 bits per heavy atom. The molecule has 4 fully saturated rings. The molecule has 146 heavy (non-hydrogen) atoms. The fraction of sp³-hybridized carbons (Fsp3) is 0.464. The summed E-state index contributed by atoms with van der Waals surface area (Å²) in [5, 5.41) is 64.3. The first-order chi connectivity index (χ1) is 68.9. The number of aliphatic hydroxyl groups excluding tert-OH is 4. The summed E-state index contributed by atoms with van der Waals surface area (Å²) < 4.78 is 39.4. The van der Waals surface area contributed by atoms with E-state index in [9.17, 15) is 67.6 Å². The predicted octanol–water partition coefficient (Wildman–Crippen LogP) is 16.9. The van der Waals surface area contributed by atoms with Gasteiger partial charge in [0.25, 0.3) is 11.8 Å². The Morgan fingerprint density at radius 1 is 0.425 bits per heavy atom. The number of likely N-dealkylation sites (tertiary alicyclic amines) is 4. The summed E-state index contributed by atoms with van der Waals surface area (Å²) in [5.41, 5.74) is 13.8. The third-order valence-electron chi connectivity index (χ3n) is 29.2. The smallest absolute Gasteiger partial charge is 0.256 e. The number of aliphatic hydroxyl groups is 4. The molecule has 8 aliphatic rings. The molecule has 0 spiro atoms. The highest BCUT2D eigenvalue weighted by atomic mass is 32.1. The molecule has 18 rings (SSSR count). The van der Waals surface area contributed by atoms with Crippen molar-refractivity contribution in [3.63, 3.8) is 0 Å². The molecule has 6 aromatic carbocycles. The SMILES string of the molecule is CC(=O)N[C@H](C(=O)N1C[C@H](O)C[C@H]1C1=NOC(C)(c2ccc(-c3scnc3C)cc2)C1)C(C)(C)C.CC(=O)N[C@H](C(=O)N1C[C@H](O)C[C@H]1C1=NO[C@](C)(c2ccc(-c3scnc3C)cc2)C1)C(C)(C)C.Cc1cc([C@@H](C(=O)N2C[C@H](O)C[C@@H]2C2=NC(=O)[C@](C)(c3ccc(-c4ccccc4F)cc3)C2)C(C)C)on1.Cc1cc([C@@H](C(=O)N2C[C@H](O)C[C@H]2C2=NC(=O)[C@](C)(c3ccc(-c4ccccc4F)cc3)C2)C(C)C)on1. The topological polar surface area (TPSA) is 400 Å². The number of β-amino-alcohol motifs (C(OH)–C–C–N with tert-alkyl or cyclic N) is 4. The zero-order chi connectivity index (χ0) is 105. The number of halogens is 2. The van der Waals surface area contributed by atoms with E-state index >= 15 is 0 Å². The van der Waals surface area contributed by atoms with E-state index < -0.39 is 93.3 Å². The first-order valence-corrected chi connectivity index (χ1v) is 51.5. The molecule has 0 radical (unpaired) electrons. The molecule has 30 nitrogen and oxygen atoms in total. The van der Waals surface area contributed by atoms with E-state index in [-0.39, 0.29) is 109 Å². The fourth-order valence-electron chi connectivity index (χ4n) is 21.1. The highest BCUT2D eigenvalue weighted by Crippen LogP contribution is 2.47. The number of carbonyl (C=O) groups excluding carboxylic acids is 8. The van der Waals surface area contributed by atoms with Gasteiger partial charge >= 0.3 is 0 Å². The summed E-state index contributed by atoms with van der Waals surface area (Å²) in [4.78, 5) is 143. The number of aryl methyl sites for hydroxylation is 4. The second-order valence-corrected chi connectivity index (χ2v) is 45.3. The van der Waals surface area contributed by atoms with Gasteiger partial charge in [-0.1, -0.05) is 223 Å². The Kier molecular flexibility index (Phi) is 31.8. The van der Waals surface area contributed by atoms with Crippen molar-refractivity contribution >= 4 is 92.8 Å². The van der Waals surface area contributed by atoms with Gasteiger partial charge in [-0.05, 0) is 135 Å². The van der Waals surface area contributed by atoms with Gasteiger partial charge in [-0.25, -0.2) is 28.7 Å². The van der Waals surface area contributed by atoms with Crippen LogP contribution in [0, 0.1) is 62.0 Å². The van der Waals surface area contributed by atoms with Crippen LogP contribution in [0.2, 0.25) is 0 Å². The van der Waals surface area contributed by atoms with Crippen LogP contribution in [-0.2, 0) is 70.1 Å². The molecule has 12 heterocycles. The predicted molar refractivity (Wildman–Crippen MR) is 554 cm³/mol. The lowest BCUT2D eigenvalue weighted by Gasteiger charge is -2.35. The molecule has 8 amide bonds. The number of thiazole rings is 2. The molecule has 4 aromatic heterocycles. The molecule has 6 N–H and O–H groups in total. The Hall–Kier alpha value is -12.9. The van der Waals surface area contributed by atoms with Gasteiger partial charge in [-0.2, -0.15) is 0 Å². The Labute approximate surface area is 858 Å². The second-order valence-electron chi connectivity index (χ2n) is 43.6. The molecule has 1 unspecified atom stereocenters. The first kappa shape index (κ1) is 107. The van der Waals surface area contributed by atoms with Gasteiger partial charge in [-0.15, -0.1) is 22.7 Å². The Balaban J connectivity index is 0.000000146. The number of oxime groups is 2. The minimum atomic E-state index is -0.912. The number of nitrogens with zero attached hydrogens (tertiary/aromatic N) is 12. The van der Waals surface area contributed by atoms with Crippen LogP contribution in [0.25, 0.3) is 43.1 Å². The molecular formula is C112H132F2N14O16S2. The van der Waals surface area contributed by atoms with Crippen molar-refractivity contribution in [1.82, 2.24) is 50.5 Å². The molecule has 0 aliphatic carbocycles. The van der Waals surface area contributed by atoms with E-state index in [0.717, 1.165) is 77.1 Å². The summed E-state index contributed by atoms with van der Waals surface area (Å²) in [6, 6.07) is 44.6. The minimum Gasteiger partial charge on any atom is -0.391 e. The molecule has 34 heteroatoms. The standard InChI is InChI=1S/2C30H32FN3O4.2C26H34N4O4S/c2*1-17(2)27(26-13-18(3)33-38-26)28(36)34-16-21(35)14-25(34)24-15-30(4,29(37)32-24)20-11-9-19(10-12-20)22-7-5-6-8-23(22)31;2*1-15-22(35-14-27-15)17-7-9-18(10-8-17)26(6)12-20(29-34-26)21-11-19(32)13-30(21)24(33)23(25(3,4)5)28-16(2)31/h2*5-13,17,21,25,27,35H,14-16H2,1-4H3;2*7-10,14,19,21,23,32H,11-13H2,1-6H3,(H,28,31)/t21-,25+,27+,30+;21-,25-,27+,30+;19-,21+,23-,26?;19-,21+,23-,26+/m1111/s1. The average molecular weight is 2030 g/mol. The zero-order valence-electron chi connectivity index (χ0n) is 86.4. The van der Waals surface area contributed by atoms with Crippen LogP contribution in [0.3, 0.4) is 0 Å². The van der Waals surface area contributed by atoms with Crippen molar-refractivity contribution in [3.05, 3.63) is 237 Å². The lowest BCUT2D eigenvalue weighted by molar-refractivity contribution is -0.139. The van der Waals surface area contributed by atoms with Gasteiger partial charge < -0.3 is 69.4 Å². The van der Waals surface area contributed by atoms with Crippen molar-refractivity contribution in [1.29, 1.82) is 0 Å². The summed E-state index contributed by atoms with van der Waals surface area (Å²) >= 11 is 3.23. The van der Waals surface area contributed by atoms with Gasteiger partial charge in [0.15, 0.2) is 11.2 Å².